The van der Waals surface area contributed by atoms with E-state index in [9.17, 15) is 9.59 Å². The van der Waals surface area contributed by atoms with Crippen LogP contribution in [0, 0.1) is 11.8 Å². The van der Waals surface area contributed by atoms with E-state index in [0.29, 0.717) is 18.9 Å². The van der Waals surface area contributed by atoms with Gasteiger partial charge in [-0.1, -0.05) is 37.3 Å². The third-order valence-corrected chi connectivity index (χ3v) is 5.20. The Morgan fingerprint density at radius 1 is 1.11 bits per heavy atom. The van der Waals surface area contributed by atoms with Crippen molar-refractivity contribution < 1.29 is 9.59 Å². The summed E-state index contributed by atoms with van der Waals surface area (Å²) in [4.78, 5) is 26.7. The molecular weight excluding hydrogens is 374 g/mol. The number of carbonyl (C=O) groups excluding carboxylic acids is 2. The molecule has 28 heavy (non-hydrogen) atoms. The first-order valence-corrected chi connectivity index (χ1v) is 9.54. The predicted molar refractivity (Wildman–Crippen MR) is 116 cm³/mol. The fraction of sp³-hybridized carbons (Fsp3) is 0.364. The number of likely N-dealkylation sites (N-methyl/N-ethyl adjacent to an activating group) is 1. The van der Waals surface area contributed by atoms with Crippen molar-refractivity contribution in [3.05, 3.63) is 60.2 Å². The van der Waals surface area contributed by atoms with Crippen LogP contribution in [0.5, 0.6) is 0 Å². The monoisotopic (exact) mass is 401 g/mol. The van der Waals surface area contributed by atoms with E-state index in [1.54, 1.807) is 4.90 Å². The van der Waals surface area contributed by atoms with Gasteiger partial charge in [-0.05, 0) is 55.8 Å². The molecule has 0 aliphatic carbocycles. The van der Waals surface area contributed by atoms with Crippen molar-refractivity contribution in [3.8, 4) is 0 Å². The second-order valence-corrected chi connectivity index (χ2v) is 7.04. The molecule has 2 aromatic carbocycles. The summed E-state index contributed by atoms with van der Waals surface area (Å²) in [5, 5.41) is 6.17. The largest absolute Gasteiger partial charge is 0.326 e. The molecule has 150 valence electrons. The van der Waals surface area contributed by atoms with E-state index >= 15 is 0 Å². The number of amides is 2. The average Bonchev–Trinajstić information content (AvgIpc) is 2.63. The van der Waals surface area contributed by atoms with E-state index in [1.165, 1.54) is 0 Å². The number of rotatable bonds is 7. The Morgan fingerprint density at radius 2 is 1.75 bits per heavy atom. The van der Waals surface area contributed by atoms with Crippen LogP contribution in [0.2, 0.25) is 0 Å². The minimum Gasteiger partial charge on any atom is -0.326 e. The number of benzene rings is 2. The van der Waals surface area contributed by atoms with Crippen molar-refractivity contribution >= 4 is 35.6 Å². The van der Waals surface area contributed by atoms with Crippen LogP contribution >= 0.6 is 12.4 Å². The number of halogens is 1. The van der Waals surface area contributed by atoms with Crippen LogP contribution in [0.15, 0.2) is 54.6 Å². The lowest BCUT2D eigenvalue weighted by Crippen LogP contribution is -2.48. The van der Waals surface area contributed by atoms with E-state index in [-0.39, 0.29) is 30.1 Å². The van der Waals surface area contributed by atoms with Gasteiger partial charge in [0.25, 0.3) is 0 Å². The number of anilines is 2. The SMILES string of the molecule is CCN(C(=O)Cc1ccc(NC(=O)C(C)C2CNC2)cc1)c1ccccc1.Cl. The molecule has 2 N–H and O–H groups in total. The maximum absolute atomic E-state index is 12.7. The second-order valence-electron chi connectivity index (χ2n) is 7.04. The van der Waals surface area contributed by atoms with Crippen molar-refractivity contribution in [2.75, 3.05) is 29.9 Å². The lowest BCUT2D eigenvalue weighted by Gasteiger charge is -2.31. The van der Waals surface area contributed by atoms with E-state index < -0.39 is 0 Å². The summed E-state index contributed by atoms with van der Waals surface area (Å²) in [5.41, 5.74) is 2.61. The molecule has 1 fully saturated rings. The average molecular weight is 402 g/mol. The topological polar surface area (TPSA) is 61.4 Å². The first-order valence-electron chi connectivity index (χ1n) is 9.54. The summed E-state index contributed by atoms with van der Waals surface area (Å²) in [7, 11) is 0. The third kappa shape index (κ3) is 5.33. The molecule has 1 atom stereocenters. The van der Waals surface area contributed by atoms with Crippen LogP contribution in [0.4, 0.5) is 11.4 Å². The van der Waals surface area contributed by atoms with Gasteiger partial charge in [0.15, 0.2) is 0 Å². The fourth-order valence-electron chi connectivity index (χ4n) is 3.22. The molecule has 2 aromatic rings. The first-order chi connectivity index (χ1) is 13.1. The molecule has 6 heteroatoms. The molecular formula is C22H28ClN3O2. The molecule has 2 amide bonds. The van der Waals surface area contributed by atoms with Gasteiger partial charge in [0.2, 0.25) is 11.8 Å². The Bertz CT molecular complexity index is 776. The summed E-state index contributed by atoms with van der Waals surface area (Å²) in [6.45, 7) is 6.39. The predicted octanol–water partition coefficient (Wildman–Crippen LogP) is 3.50. The van der Waals surface area contributed by atoms with Crippen molar-refractivity contribution in [3.63, 3.8) is 0 Å². The van der Waals surface area contributed by atoms with Gasteiger partial charge in [0.1, 0.15) is 0 Å². The maximum atomic E-state index is 12.7. The third-order valence-electron chi connectivity index (χ3n) is 5.20. The quantitative estimate of drug-likeness (QED) is 0.746. The van der Waals surface area contributed by atoms with Crippen molar-refractivity contribution in [1.82, 2.24) is 5.32 Å². The normalized spacial score (nSPS) is 14.4. The number of para-hydroxylation sites is 1. The molecule has 0 bridgehead atoms. The van der Waals surface area contributed by atoms with Crippen molar-refractivity contribution in [2.45, 2.75) is 20.3 Å². The van der Waals surface area contributed by atoms with Gasteiger partial charge in [-0.2, -0.15) is 0 Å². The van der Waals surface area contributed by atoms with Gasteiger partial charge in [-0.15, -0.1) is 12.4 Å². The van der Waals surface area contributed by atoms with Crippen LogP contribution in [-0.4, -0.2) is 31.4 Å². The Morgan fingerprint density at radius 3 is 2.29 bits per heavy atom. The van der Waals surface area contributed by atoms with Gasteiger partial charge >= 0.3 is 0 Å². The Labute approximate surface area is 172 Å². The zero-order valence-electron chi connectivity index (χ0n) is 16.4. The highest BCUT2D eigenvalue weighted by Crippen LogP contribution is 2.19. The molecule has 1 saturated heterocycles. The summed E-state index contributed by atoms with van der Waals surface area (Å²) >= 11 is 0. The summed E-state index contributed by atoms with van der Waals surface area (Å²) in [6.07, 6.45) is 0.334. The minimum atomic E-state index is -0.00325. The van der Waals surface area contributed by atoms with Gasteiger partial charge in [-0.3, -0.25) is 9.59 Å². The molecule has 0 spiro atoms. The van der Waals surface area contributed by atoms with Gasteiger partial charge in [-0.25, -0.2) is 0 Å². The number of carbonyl (C=O) groups is 2. The van der Waals surface area contributed by atoms with Crippen molar-refractivity contribution in [2.24, 2.45) is 11.8 Å². The van der Waals surface area contributed by atoms with E-state index in [1.807, 2.05) is 68.4 Å². The lowest BCUT2D eigenvalue weighted by atomic mass is 9.88. The highest BCUT2D eigenvalue weighted by Gasteiger charge is 2.28. The summed E-state index contributed by atoms with van der Waals surface area (Å²) < 4.78 is 0. The smallest absolute Gasteiger partial charge is 0.231 e. The molecule has 3 rings (SSSR count). The van der Waals surface area contributed by atoms with Crippen LogP contribution < -0.4 is 15.5 Å². The fourth-order valence-corrected chi connectivity index (χ4v) is 3.22. The van der Waals surface area contributed by atoms with Gasteiger partial charge < -0.3 is 15.5 Å². The van der Waals surface area contributed by atoms with Crippen LogP contribution in [0.25, 0.3) is 0 Å². The molecule has 1 heterocycles. The molecule has 1 unspecified atom stereocenters. The maximum Gasteiger partial charge on any atom is 0.231 e. The Balaban J connectivity index is 0.00000280. The van der Waals surface area contributed by atoms with Crippen molar-refractivity contribution in [1.29, 1.82) is 0 Å². The van der Waals surface area contributed by atoms with E-state index in [0.717, 1.165) is 30.0 Å². The van der Waals surface area contributed by atoms with Gasteiger partial charge in [0, 0.05) is 23.8 Å². The minimum absolute atomic E-state index is 0. The second kappa shape index (κ2) is 10.2. The number of hydrogen-bond acceptors (Lipinski definition) is 3. The zero-order valence-corrected chi connectivity index (χ0v) is 17.2. The Kier molecular flexibility index (Phi) is 8.03. The summed E-state index contributed by atoms with van der Waals surface area (Å²) in [6, 6.07) is 17.2. The molecule has 0 saturated carbocycles. The van der Waals surface area contributed by atoms with Gasteiger partial charge in [0.05, 0.1) is 6.42 Å². The molecule has 0 aromatic heterocycles. The highest BCUT2D eigenvalue weighted by molar-refractivity contribution is 5.95. The number of nitrogens with zero attached hydrogens (tertiary/aromatic N) is 1. The molecule has 1 aliphatic heterocycles. The first kappa shape index (κ1) is 21.9. The number of hydrogen-bond donors (Lipinski definition) is 2. The molecule has 1 aliphatic rings. The van der Waals surface area contributed by atoms with E-state index in [4.69, 9.17) is 0 Å². The molecule has 5 nitrogen and oxygen atoms in total. The zero-order chi connectivity index (χ0) is 19.2. The summed E-state index contributed by atoms with van der Waals surface area (Å²) in [5.74, 6) is 0.523. The van der Waals surface area contributed by atoms with E-state index in [2.05, 4.69) is 10.6 Å². The van der Waals surface area contributed by atoms with Crippen LogP contribution in [-0.2, 0) is 16.0 Å². The number of nitrogens with one attached hydrogen (secondary N) is 2. The molecule has 0 radical (unpaired) electrons. The standard InChI is InChI=1S/C22H27N3O2.ClH/c1-3-25(20-7-5-4-6-8-20)21(26)13-17-9-11-19(12-10-17)24-22(27)16(2)18-14-23-15-18;/h4-12,16,18,23H,3,13-15H2,1-2H3,(H,24,27);1H. The highest BCUT2D eigenvalue weighted by atomic mass is 35.5. The van der Waals surface area contributed by atoms with Crippen LogP contribution in [0.1, 0.15) is 19.4 Å². The Hall–Kier alpha value is -2.37. The lowest BCUT2D eigenvalue weighted by molar-refractivity contribution is -0.121. The van der Waals surface area contributed by atoms with Crippen LogP contribution in [0.3, 0.4) is 0 Å².